The Kier molecular flexibility index (Phi) is 7.87. The molecule has 2 rings (SSSR count). The molecule has 0 spiro atoms. The Morgan fingerprint density at radius 2 is 1.93 bits per heavy atom. The molecule has 2 aromatic rings. The molecule has 1 heterocycles. The standard InChI is InChI=1S/C21H29FN4O3/c1-13(2)6-7-19(27)23-17-11-15(10-16(22)12-17)21(28)26(5)9-8-18-24-20(14(3)4)29-25-18/h10-14H,6-9H2,1-5H3,(H,23,27). The summed E-state index contributed by atoms with van der Waals surface area (Å²) in [6.45, 7) is 8.31. The summed E-state index contributed by atoms with van der Waals surface area (Å²) in [6.07, 6.45) is 1.51. The quantitative estimate of drug-likeness (QED) is 0.682. The van der Waals surface area contributed by atoms with Gasteiger partial charge in [0.2, 0.25) is 11.8 Å². The molecule has 0 bridgehead atoms. The van der Waals surface area contributed by atoms with E-state index in [1.165, 1.54) is 17.0 Å². The summed E-state index contributed by atoms with van der Waals surface area (Å²) in [7, 11) is 1.62. The van der Waals surface area contributed by atoms with Crippen LogP contribution in [0.3, 0.4) is 0 Å². The van der Waals surface area contributed by atoms with Gasteiger partial charge >= 0.3 is 0 Å². The highest BCUT2D eigenvalue weighted by Gasteiger charge is 2.16. The monoisotopic (exact) mass is 404 g/mol. The van der Waals surface area contributed by atoms with Crippen LogP contribution in [0.4, 0.5) is 10.1 Å². The Bertz CT molecular complexity index is 848. The van der Waals surface area contributed by atoms with Crippen molar-refractivity contribution in [1.29, 1.82) is 0 Å². The molecule has 0 saturated heterocycles. The fourth-order valence-corrected chi connectivity index (χ4v) is 2.62. The molecule has 29 heavy (non-hydrogen) atoms. The molecular weight excluding hydrogens is 375 g/mol. The number of nitrogens with one attached hydrogen (secondary N) is 1. The Morgan fingerprint density at radius 1 is 1.21 bits per heavy atom. The summed E-state index contributed by atoms with van der Waals surface area (Å²) >= 11 is 0. The third-order valence-corrected chi connectivity index (χ3v) is 4.37. The van der Waals surface area contributed by atoms with E-state index in [1.54, 1.807) is 7.05 Å². The molecule has 0 aliphatic heterocycles. The Balaban J connectivity index is 1.99. The van der Waals surface area contributed by atoms with Gasteiger partial charge in [-0.05, 0) is 30.5 Å². The highest BCUT2D eigenvalue weighted by molar-refractivity contribution is 5.97. The molecule has 0 aliphatic rings. The molecule has 1 aromatic carbocycles. The van der Waals surface area contributed by atoms with Crippen LogP contribution in [0.5, 0.6) is 0 Å². The summed E-state index contributed by atoms with van der Waals surface area (Å²) in [5.41, 5.74) is 0.442. The molecule has 0 aliphatic carbocycles. The molecule has 0 saturated carbocycles. The third-order valence-electron chi connectivity index (χ3n) is 4.37. The van der Waals surface area contributed by atoms with Crippen molar-refractivity contribution in [3.8, 4) is 0 Å². The molecule has 1 N–H and O–H groups in total. The molecule has 0 unspecified atom stereocenters. The van der Waals surface area contributed by atoms with Crippen molar-refractivity contribution in [2.75, 3.05) is 18.9 Å². The summed E-state index contributed by atoms with van der Waals surface area (Å²) in [5.74, 6) is 0.474. The number of carbonyl (C=O) groups is 2. The van der Waals surface area contributed by atoms with Gasteiger partial charge in [-0.25, -0.2) is 4.39 Å². The first-order chi connectivity index (χ1) is 13.7. The van der Waals surface area contributed by atoms with Gasteiger partial charge in [-0.15, -0.1) is 0 Å². The van der Waals surface area contributed by atoms with Crippen molar-refractivity contribution in [2.24, 2.45) is 5.92 Å². The zero-order valence-electron chi connectivity index (χ0n) is 17.7. The minimum atomic E-state index is -0.580. The van der Waals surface area contributed by atoms with Gasteiger partial charge in [0, 0.05) is 43.6 Å². The maximum Gasteiger partial charge on any atom is 0.253 e. The number of halogens is 1. The van der Waals surface area contributed by atoms with E-state index in [4.69, 9.17) is 4.52 Å². The Hall–Kier alpha value is -2.77. The van der Waals surface area contributed by atoms with E-state index in [-0.39, 0.29) is 29.0 Å². The average Bonchev–Trinajstić information content (AvgIpc) is 3.12. The summed E-state index contributed by atoms with van der Waals surface area (Å²) < 4.78 is 19.1. The molecule has 8 heteroatoms. The van der Waals surface area contributed by atoms with E-state index in [2.05, 4.69) is 15.5 Å². The van der Waals surface area contributed by atoms with Crippen LogP contribution in [0.1, 0.15) is 68.5 Å². The van der Waals surface area contributed by atoms with Crippen molar-refractivity contribution in [3.63, 3.8) is 0 Å². The van der Waals surface area contributed by atoms with Crippen LogP contribution in [0.2, 0.25) is 0 Å². The number of carbonyl (C=O) groups excluding carboxylic acids is 2. The lowest BCUT2D eigenvalue weighted by atomic mass is 10.1. The van der Waals surface area contributed by atoms with Gasteiger partial charge < -0.3 is 14.7 Å². The fraction of sp³-hybridized carbons (Fsp3) is 0.524. The van der Waals surface area contributed by atoms with Gasteiger partial charge in [-0.3, -0.25) is 9.59 Å². The van der Waals surface area contributed by atoms with Crippen LogP contribution in [-0.4, -0.2) is 40.4 Å². The lowest BCUT2D eigenvalue weighted by molar-refractivity contribution is -0.116. The first kappa shape index (κ1) is 22.5. The summed E-state index contributed by atoms with van der Waals surface area (Å²) in [5, 5.41) is 6.56. The van der Waals surface area contributed by atoms with Crippen LogP contribution in [0, 0.1) is 11.7 Å². The number of likely N-dealkylation sites (N-methyl/N-ethyl adjacent to an activating group) is 1. The van der Waals surface area contributed by atoms with E-state index < -0.39 is 5.82 Å². The summed E-state index contributed by atoms with van der Waals surface area (Å²) in [4.78, 5) is 30.4. The van der Waals surface area contributed by atoms with Gasteiger partial charge in [0.05, 0.1) is 0 Å². The maximum atomic E-state index is 14.0. The predicted octanol–water partition coefficient (Wildman–Crippen LogP) is 4.02. The number of anilines is 1. The average molecular weight is 404 g/mol. The van der Waals surface area contributed by atoms with Gasteiger partial charge in [-0.2, -0.15) is 4.98 Å². The van der Waals surface area contributed by atoms with Crippen LogP contribution in [0.25, 0.3) is 0 Å². The van der Waals surface area contributed by atoms with Crippen molar-refractivity contribution in [2.45, 2.75) is 52.9 Å². The largest absolute Gasteiger partial charge is 0.341 e. The number of rotatable bonds is 9. The molecule has 7 nitrogen and oxygen atoms in total. The molecule has 0 atom stereocenters. The Labute approximate surface area is 170 Å². The van der Waals surface area contributed by atoms with Crippen molar-refractivity contribution in [1.82, 2.24) is 15.0 Å². The molecule has 158 valence electrons. The summed E-state index contributed by atoms with van der Waals surface area (Å²) in [6, 6.07) is 3.85. The molecule has 0 fully saturated rings. The van der Waals surface area contributed by atoms with Gasteiger partial charge in [0.1, 0.15) is 5.82 Å². The minimum absolute atomic E-state index is 0.136. The lowest BCUT2D eigenvalue weighted by Crippen LogP contribution is -2.29. The normalized spacial score (nSPS) is 11.2. The Morgan fingerprint density at radius 3 is 2.55 bits per heavy atom. The van der Waals surface area contributed by atoms with E-state index in [9.17, 15) is 14.0 Å². The highest BCUT2D eigenvalue weighted by atomic mass is 19.1. The van der Waals surface area contributed by atoms with Gasteiger partial charge in [0.15, 0.2) is 5.82 Å². The number of hydrogen-bond acceptors (Lipinski definition) is 5. The second-order valence-corrected chi connectivity index (χ2v) is 7.89. The highest BCUT2D eigenvalue weighted by Crippen LogP contribution is 2.17. The first-order valence-corrected chi connectivity index (χ1v) is 9.84. The smallest absolute Gasteiger partial charge is 0.253 e. The van der Waals surface area contributed by atoms with Crippen LogP contribution < -0.4 is 5.32 Å². The maximum absolute atomic E-state index is 14.0. The second-order valence-electron chi connectivity index (χ2n) is 7.89. The molecule has 1 aromatic heterocycles. The van der Waals surface area contributed by atoms with Crippen molar-refractivity contribution in [3.05, 3.63) is 41.3 Å². The first-order valence-electron chi connectivity index (χ1n) is 9.84. The number of aromatic nitrogens is 2. The number of benzene rings is 1. The van der Waals surface area contributed by atoms with Crippen molar-refractivity contribution >= 4 is 17.5 Å². The van der Waals surface area contributed by atoms with Crippen LogP contribution >= 0.6 is 0 Å². The minimum Gasteiger partial charge on any atom is -0.341 e. The van der Waals surface area contributed by atoms with E-state index in [0.29, 0.717) is 37.0 Å². The molecule has 0 radical (unpaired) electrons. The zero-order valence-corrected chi connectivity index (χ0v) is 17.7. The number of hydrogen-bond donors (Lipinski definition) is 1. The molecular formula is C21H29FN4O3. The van der Waals surface area contributed by atoms with Crippen molar-refractivity contribution < 1.29 is 18.5 Å². The van der Waals surface area contributed by atoms with Gasteiger partial charge in [-0.1, -0.05) is 32.9 Å². The van der Waals surface area contributed by atoms with E-state index in [1.807, 2.05) is 27.7 Å². The number of amides is 2. The zero-order chi connectivity index (χ0) is 21.6. The SMILES string of the molecule is CC(C)CCC(=O)Nc1cc(F)cc(C(=O)N(C)CCc2noc(C(C)C)n2)c1. The number of nitrogens with zero attached hydrogens (tertiary/aromatic N) is 3. The molecule has 2 amide bonds. The van der Waals surface area contributed by atoms with E-state index in [0.717, 1.165) is 12.5 Å². The third kappa shape index (κ3) is 6.96. The van der Waals surface area contributed by atoms with Crippen LogP contribution in [0.15, 0.2) is 22.7 Å². The second kappa shape index (κ2) is 10.1. The fourth-order valence-electron chi connectivity index (χ4n) is 2.62. The predicted molar refractivity (Wildman–Crippen MR) is 108 cm³/mol. The lowest BCUT2D eigenvalue weighted by Gasteiger charge is -2.17. The van der Waals surface area contributed by atoms with Crippen LogP contribution in [-0.2, 0) is 11.2 Å². The topological polar surface area (TPSA) is 88.3 Å². The van der Waals surface area contributed by atoms with Gasteiger partial charge in [0.25, 0.3) is 5.91 Å². The van der Waals surface area contributed by atoms with E-state index >= 15 is 0 Å².